The summed E-state index contributed by atoms with van der Waals surface area (Å²) in [6.07, 6.45) is 18.5. The smallest absolute Gasteiger partial charge is 0.243 e. The molecule has 1 fully saturated rings. The molecular formula is C26H44N2O3S. The molecule has 1 aromatic carbocycles. The number of amides is 1. The Morgan fingerprint density at radius 1 is 0.781 bits per heavy atom. The topological polar surface area (TPSA) is 66.5 Å². The largest absolute Gasteiger partial charge is 0.326 e. The Morgan fingerprint density at radius 3 is 1.81 bits per heavy atom. The molecule has 0 unspecified atom stereocenters. The predicted molar refractivity (Wildman–Crippen MR) is 133 cm³/mol. The first-order valence-corrected chi connectivity index (χ1v) is 14.4. The Morgan fingerprint density at radius 2 is 1.28 bits per heavy atom. The van der Waals surface area contributed by atoms with Crippen LogP contribution in [0.5, 0.6) is 0 Å². The molecule has 32 heavy (non-hydrogen) atoms. The van der Waals surface area contributed by atoms with Crippen molar-refractivity contribution in [2.75, 3.05) is 18.4 Å². The Kier molecular flexibility index (Phi) is 13.0. The number of sulfonamides is 1. The molecule has 1 saturated heterocycles. The van der Waals surface area contributed by atoms with Gasteiger partial charge in [-0.3, -0.25) is 4.79 Å². The van der Waals surface area contributed by atoms with Crippen molar-refractivity contribution < 1.29 is 13.2 Å². The maximum Gasteiger partial charge on any atom is 0.243 e. The van der Waals surface area contributed by atoms with Gasteiger partial charge in [-0.2, -0.15) is 4.31 Å². The Labute approximate surface area is 196 Å². The number of rotatable bonds is 15. The fourth-order valence-electron chi connectivity index (χ4n) is 4.31. The fourth-order valence-corrected chi connectivity index (χ4v) is 5.83. The van der Waals surface area contributed by atoms with Crippen molar-refractivity contribution >= 4 is 21.6 Å². The second-order valence-electron chi connectivity index (χ2n) is 9.18. The molecule has 0 atom stereocenters. The lowest BCUT2D eigenvalue weighted by atomic mass is 10.1. The number of nitrogens with one attached hydrogen (secondary N) is 1. The number of unbranched alkanes of at least 4 members (excludes halogenated alkanes) is 10. The summed E-state index contributed by atoms with van der Waals surface area (Å²) in [5.41, 5.74) is 0.660. The van der Waals surface area contributed by atoms with E-state index in [9.17, 15) is 13.2 Å². The van der Waals surface area contributed by atoms with Gasteiger partial charge in [-0.05, 0) is 43.5 Å². The monoisotopic (exact) mass is 464 g/mol. The summed E-state index contributed by atoms with van der Waals surface area (Å²) in [5.74, 6) is 0.00375. The molecule has 6 heteroatoms. The molecular weight excluding hydrogens is 420 g/mol. The van der Waals surface area contributed by atoms with Crippen molar-refractivity contribution in [2.24, 2.45) is 0 Å². The van der Waals surface area contributed by atoms with E-state index in [4.69, 9.17) is 0 Å². The zero-order chi connectivity index (χ0) is 23.1. The second kappa shape index (κ2) is 15.4. The molecule has 182 valence electrons. The normalized spacial score (nSPS) is 15.4. The highest BCUT2D eigenvalue weighted by atomic mass is 32.2. The third-order valence-electron chi connectivity index (χ3n) is 6.35. The van der Waals surface area contributed by atoms with E-state index in [2.05, 4.69) is 12.2 Å². The predicted octanol–water partition coefficient (Wildman–Crippen LogP) is 6.89. The maximum absolute atomic E-state index is 12.8. The molecule has 1 aromatic rings. The average Bonchev–Trinajstić information content (AvgIpc) is 3.08. The van der Waals surface area contributed by atoms with Crippen molar-refractivity contribution in [3.8, 4) is 0 Å². The van der Waals surface area contributed by atoms with Crippen LogP contribution in [0.25, 0.3) is 0 Å². The lowest BCUT2D eigenvalue weighted by Gasteiger charge is -2.20. The van der Waals surface area contributed by atoms with E-state index in [0.29, 0.717) is 30.1 Å². The van der Waals surface area contributed by atoms with Crippen molar-refractivity contribution in [2.45, 2.75) is 115 Å². The van der Waals surface area contributed by atoms with Crippen molar-refractivity contribution in [3.63, 3.8) is 0 Å². The molecule has 0 radical (unpaired) electrons. The third-order valence-corrected chi connectivity index (χ3v) is 8.26. The molecule has 0 aliphatic carbocycles. The average molecular weight is 465 g/mol. The molecule has 1 aliphatic rings. The lowest BCUT2D eigenvalue weighted by Crippen LogP contribution is -2.31. The minimum atomic E-state index is -3.44. The number of carbonyl (C=O) groups excluding carboxylic acids is 1. The van der Waals surface area contributed by atoms with Crippen molar-refractivity contribution in [1.29, 1.82) is 0 Å². The number of benzene rings is 1. The molecule has 0 bridgehead atoms. The number of carbonyl (C=O) groups is 1. The van der Waals surface area contributed by atoms with Gasteiger partial charge in [0.1, 0.15) is 0 Å². The minimum Gasteiger partial charge on any atom is -0.326 e. The van der Waals surface area contributed by atoms with Gasteiger partial charge in [0, 0.05) is 25.2 Å². The van der Waals surface area contributed by atoms with Gasteiger partial charge in [-0.15, -0.1) is 0 Å². The van der Waals surface area contributed by atoms with Crippen LogP contribution >= 0.6 is 0 Å². The first-order chi connectivity index (χ1) is 15.5. The van der Waals surface area contributed by atoms with Gasteiger partial charge in [0.05, 0.1) is 4.90 Å². The van der Waals surface area contributed by atoms with Crippen LogP contribution in [0.15, 0.2) is 29.2 Å². The molecule has 1 amide bonds. The molecule has 1 heterocycles. The van der Waals surface area contributed by atoms with Crippen LogP contribution in [0.2, 0.25) is 0 Å². The van der Waals surface area contributed by atoms with Gasteiger partial charge in [-0.1, -0.05) is 84.0 Å². The molecule has 2 rings (SSSR count). The van der Waals surface area contributed by atoms with E-state index in [1.165, 1.54) is 57.8 Å². The number of nitrogens with zero attached hydrogens (tertiary/aromatic N) is 1. The zero-order valence-corrected chi connectivity index (χ0v) is 20.9. The van der Waals surface area contributed by atoms with E-state index in [-0.39, 0.29) is 5.91 Å². The van der Waals surface area contributed by atoms with Gasteiger partial charge in [0.15, 0.2) is 0 Å². The molecule has 0 spiro atoms. The van der Waals surface area contributed by atoms with E-state index in [1.54, 1.807) is 28.6 Å². The van der Waals surface area contributed by atoms with Crippen LogP contribution in [0.3, 0.4) is 0 Å². The first kappa shape index (κ1) is 26.8. The van der Waals surface area contributed by atoms with Crippen LogP contribution in [0, 0.1) is 0 Å². The number of hydrogen-bond acceptors (Lipinski definition) is 3. The quantitative estimate of drug-likeness (QED) is 0.287. The summed E-state index contributed by atoms with van der Waals surface area (Å²) in [7, 11) is -3.44. The van der Waals surface area contributed by atoms with Crippen molar-refractivity contribution in [3.05, 3.63) is 24.3 Å². The highest BCUT2D eigenvalue weighted by Crippen LogP contribution is 2.22. The zero-order valence-electron chi connectivity index (χ0n) is 20.1. The lowest BCUT2D eigenvalue weighted by molar-refractivity contribution is -0.116. The summed E-state index contributed by atoms with van der Waals surface area (Å²) in [6.45, 7) is 3.44. The molecule has 5 nitrogen and oxygen atoms in total. The number of hydrogen-bond donors (Lipinski definition) is 1. The Balaban J connectivity index is 1.61. The summed E-state index contributed by atoms with van der Waals surface area (Å²) in [4.78, 5) is 12.5. The first-order valence-electron chi connectivity index (χ1n) is 12.9. The van der Waals surface area contributed by atoms with Crippen LogP contribution < -0.4 is 5.32 Å². The minimum absolute atomic E-state index is 0.00375. The third kappa shape index (κ3) is 10.0. The molecule has 0 aromatic heterocycles. The van der Waals surface area contributed by atoms with Gasteiger partial charge < -0.3 is 5.32 Å². The Hall–Kier alpha value is -1.40. The molecule has 0 saturated carbocycles. The van der Waals surface area contributed by atoms with Gasteiger partial charge in [0.25, 0.3) is 0 Å². The second-order valence-corrected chi connectivity index (χ2v) is 11.1. The number of anilines is 1. The SMILES string of the molecule is CCCCCCCCCCCCCC(=O)Nc1ccc(S(=O)(=O)N2CCCCCC2)cc1. The standard InChI is InChI=1S/C26H44N2O3S/c1-2-3-4-5-6-7-8-9-10-11-14-17-26(29)27-24-18-20-25(21-19-24)32(30,31)28-22-15-12-13-16-23-28/h18-21H,2-17,22-23H2,1H3,(H,27,29). The highest BCUT2D eigenvalue weighted by molar-refractivity contribution is 7.89. The molecule has 1 N–H and O–H groups in total. The fraction of sp³-hybridized carbons (Fsp3) is 0.731. The van der Waals surface area contributed by atoms with Crippen LogP contribution in [-0.2, 0) is 14.8 Å². The van der Waals surface area contributed by atoms with Crippen LogP contribution in [-0.4, -0.2) is 31.7 Å². The van der Waals surface area contributed by atoms with Gasteiger partial charge in [0.2, 0.25) is 15.9 Å². The van der Waals surface area contributed by atoms with Crippen LogP contribution in [0.4, 0.5) is 5.69 Å². The van der Waals surface area contributed by atoms with E-state index in [0.717, 1.165) is 38.5 Å². The Bertz CT molecular complexity index is 739. The van der Waals surface area contributed by atoms with Gasteiger partial charge in [-0.25, -0.2) is 8.42 Å². The van der Waals surface area contributed by atoms with E-state index < -0.39 is 10.0 Å². The highest BCUT2D eigenvalue weighted by Gasteiger charge is 2.24. The summed E-state index contributed by atoms with van der Waals surface area (Å²) >= 11 is 0. The van der Waals surface area contributed by atoms with Crippen molar-refractivity contribution in [1.82, 2.24) is 4.31 Å². The summed E-state index contributed by atoms with van der Waals surface area (Å²) in [5, 5.41) is 2.90. The van der Waals surface area contributed by atoms with E-state index >= 15 is 0 Å². The molecule has 1 aliphatic heterocycles. The summed E-state index contributed by atoms with van der Waals surface area (Å²) < 4.78 is 27.3. The van der Waals surface area contributed by atoms with Crippen LogP contribution in [0.1, 0.15) is 110 Å². The summed E-state index contributed by atoms with van der Waals surface area (Å²) in [6, 6.07) is 6.61. The maximum atomic E-state index is 12.8. The van der Waals surface area contributed by atoms with E-state index in [1.807, 2.05) is 0 Å². The van der Waals surface area contributed by atoms with Gasteiger partial charge >= 0.3 is 0 Å².